The van der Waals surface area contributed by atoms with Crippen LogP contribution in [0.5, 0.6) is 0 Å². The molecular formula is C25H27N3O3. The van der Waals surface area contributed by atoms with Gasteiger partial charge < -0.3 is 10.2 Å². The van der Waals surface area contributed by atoms with E-state index in [2.05, 4.69) is 58.7 Å². The van der Waals surface area contributed by atoms with Crippen LogP contribution in [0.25, 0.3) is 0 Å². The zero-order valence-electron chi connectivity index (χ0n) is 17.6. The highest BCUT2D eigenvalue weighted by atomic mass is 16.6. The van der Waals surface area contributed by atoms with Crippen molar-refractivity contribution in [1.29, 1.82) is 0 Å². The number of nitrogens with zero attached hydrogens (tertiary/aromatic N) is 2. The summed E-state index contributed by atoms with van der Waals surface area (Å²) in [4.78, 5) is 24.9. The molecule has 31 heavy (non-hydrogen) atoms. The topological polar surface area (TPSA) is 75.5 Å². The molecule has 0 aliphatic carbocycles. The summed E-state index contributed by atoms with van der Waals surface area (Å²) >= 11 is 0. The highest BCUT2D eigenvalue weighted by Crippen LogP contribution is 2.27. The molecule has 1 amide bonds. The van der Waals surface area contributed by atoms with Gasteiger partial charge in [0.05, 0.1) is 4.92 Å². The van der Waals surface area contributed by atoms with Crippen molar-refractivity contribution < 1.29 is 9.72 Å². The first-order valence-electron chi connectivity index (χ1n) is 10.4. The molecular weight excluding hydrogens is 390 g/mol. The van der Waals surface area contributed by atoms with Crippen LogP contribution >= 0.6 is 0 Å². The SMILES string of the molecule is CN(CCNC(=O)c1cccc([N+](=O)[O-])c1)CCC(c1ccccc1)c1ccccc1. The van der Waals surface area contributed by atoms with E-state index in [0.717, 1.165) is 13.0 Å². The smallest absolute Gasteiger partial charge is 0.270 e. The van der Waals surface area contributed by atoms with Crippen LogP contribution in [0.3, 0.4) is 0 Å². The van der Waals surface area contributed by atoms with E-state index in [0.29, 0.717) is 24.6 Å². The zero-order valence-corrected chi connectivity index (χ0v) is 17.6. The Morgan fingerprint density at radius 3 is 2.13 bits per heavy atom. The average Bonchev–Trinajstić information content (AvgIpc) is 2.80. The quantitative estimate of drug-likeness (QED) is 0.390. The molecule has 0 saturated carbocycles. The third-order valence-electron chi connectivity index (χ3n) is 5.30. The molecule has 6 nitrogen and oxygen atoms in total. The molecule has 160 valence electrons. The number of likely N-dealkylation sites (N-methyl/N-ethyl adjacent to an activating group) is 1. The minimum Gasteiger partial charge on any atom is -0.351 e. The molecule has 0 fully saturated rings. The van der Waals surface area contributed by atoms with Crippen LogP contribution in [0, 0.1) is 10.1 Å². The number of amides is 1. The Morgan fingerprint density at radius 2 is 1.55 bits per heavy atom. The maximum absolute atomic E-state index is 12.3. The lowest BCUT2D eigenvalue weighted by atomic mass is 9.88. The van der Waals surface area contributed by atoms with E-state index in [1.165, 1.54) is 29.3 Å². The van der Waals surface area contributed by atoms with Gasteiger partial charge in [-0.3, -0.25) is 14.9 Å². The monoisotopic (exact) mass is 417 g/mol. The largest absolute Gasteiger partial charge is 0.351 e. The minimum absolute atomic E-state index is 0.0855. The van der Waals surface area contributed by atoms with E-state index >= 15 is 0 Å². The third-order valence-corrected chi connectivity index (χ3v) is 5.30. The Morgan fingerprint density at radius 1 is 0.935 bits per heavy atom. The average molecular weight is 418 g/mol. The van der Waals surface area contributed by atoms with E-state index in [1.807, 2.05) is 19.2 Å². The van der Waals surface area contributed by atoms with E-state index in [4.69, 9.17) is 0 Å². The molecule has 3 aromatic rings. The summed E-state index contributed by atoms with van der Waals surface area (Å²) in [6.45, 7) is 2.04. The van der Waals surface area contributed by atoms with Crippen LogP contribution in [-0.2, 0) is 0 Å². The summed E-state index contributed by atoms with van der Waals surface area (Å²) < 4.78 is 0. The highest BCUT2D eigenvalue weighted by Gasteiger charge is 2.15. The number of benzene rings is 3. The van der Waals surface area contributed by atoms with Crippen molar-refractivity contribution in [3.05, 3.63) is 112 Å². The highest BCUT2D eigenvalue weighted by molar-refractivity contribution is 5.94. The van der Waals surface area contributed by atoms with Crippen LogP contribution in [0.15, 0.2) is 84.9 Å². The van der Waals surface area contributed by atoms with Crippen LogP contribution in [0.2, 0.25) is 0 Å². The van der Waals surface area contributed by atoms with Crippen molar-refractivity contribution in [1.82, 2.24) is 10.2 Å². The van der Waals surface area contributed by atoms with Gasteiger partial charge in [0.15, 0.2) is 0 Å². The van der Waals surface area contributed by atoms with Gasteiger partial charge in [0.2, 0.25) is 0 Å². The second-order valence-corrected chi connectivity index (χ2v) is 7.53. The number of hydrogen-bond acceptors (Lipinski definition) is 4. The Bertz CT molecular complexity index is 954. The third kappa shape index (κ3) is 6.49. The number of carbonyl (C=O) groups is 1. The molecule has 0 aromatic heterocycles. The molecule has 0 aliphatic heterocycles. The van der Waals surface area contributed by atoms with Crippen molar-refractivity contribution in [2.75, 3.05) is 26.7 Å². The first-order valence-corrected chi connectivity index (χ1v) is 10.4. The molecule has 3 rings (SSSR count). The Labute approximate surface area is 182 Å². The van der Waals surface area contributed by atoms with E-state index in [1.54, 1.807) is 6.07 Å². The number of nitrogens with one attached hydrogen (secondary N) is 1. The molecule has 1 N–H and O–H groups in total. The van der Waals surface area contributed by atoms with Gasteiger partial charge >= 0.3 is 0 Å². The van der Waals surface area contributed by atoms with Crippen LogP contribution < -0.4 is 5.32 Å². The molecule has 0 aliphatic rings. The van der Waals surface area contributed by atoms with Crippen LogP contribution in [-0.4, -0.2) is 42.4 Å². The lowest BCUT2D eigenvalue weighted by Gasteiger charge is -2.23. The van der Waals surface area contributed by atoms with Gasteiger partial charge in [0.25, 0.3) is 11.6 Å². The predicted octanol–water partition coefficient (Wildman–Crippen LogP) is 4.48. The molecule has 0 bridgehead atoms. The van der Waals surface area contributed by atoms with Gasteiger partial charge in [-0.05, 0) is 37.2 Å². The number of carbonyl (C=O) groups excluding carboxylic acids is 1. The minimum atomic E-state index is -0.500. The van der Waals surface area contributed by atoms with Gasteiger partial charge in [0, 0.05) is 36.7 Å². The summed E-state index contributed by atoms with van der Waals surface area (Å²) in [6, 6.07) is 26.8. The van der Waals surface area contributed by atoms with E-state index in [9.17, 15) is 14.9 Å². The van der Waals surface area contributed by atoms with Crippen molar-refractivity contribution in [2.45, 2.75) is 12.3 Å². The number of hydrogen-bond donors (Lipinski definition) is 1. The standard InChI is InChI=1S/C25H27N3O3/c1-27(18-16-26-25(29)22-13-8-14-23(19-22)28(30)31)17-15-24(20-9-4-2-5-10-20)21-11-6-3-7-12-21/h2-14,19,24H,15-18H2,1H3,(H,26,29). The molecule has 0 saturated heterocycles. The molecule has 6 heteroatoms. The fraction of sp³-hybridized carbons (Fsp3) is 0.240. The molecule has 0 atom stereocenters. The van der Waals surface area contributed by atoms with Crippen molar-refractivity contribution in [3.63, 3.8) is 0 Å². The Balaban J connectivity index is 1.51. The number of rotatable bonds is 10. The fourth-order valence-corrected chi connectivity index (χ4v) is 3.58. The van der Waals surface area contributed by atoms with Crippen LogP contribution in [0.1, 0.15) is 33.8 Å². The molecule has 0 heterocycles. The number of nitro benzene ring substituents is 1. The lowest BCUT2D eigenvalue weighted by molar-refractivity contribution is -0.384. The second kappa shape index (κ2) is 11.0. The molecule has 0 radical (unpaired) electrons. The molecule has 0 spiro atoms. The zero-order chi connectivity index (χ0) is 22.1. The van der Waals surface area contributed by atoms with Crippen molar-refractivity contribution >= 4 is 11.6 Å². The van der Waals surface area contributed by atoms with Gasteiger partial charge in [-0.1, -0.05) is 66.7 Å². The predicted molar refractivity (Wildman–Crippen MR) is 122 cm³/mol. The lowest BCUT2D eigenvalue weighted by Crippen LogP contribution is -2.33. The fourth-order valence-electron chi connectivity index (χ4n) is 3.58. The summed E-state index contributed by atoms with van der Waals surface area (Å²) in [5.74, 6) is 0.00727. The van der Waals surface area contributed by atoms with Crippen molar-refractivity contribution in [3.8, 4) is 0 Å². The van der Waals surface area contributed by atoms with Gasteiger partial charge in [-0.25, -0.2) is 0 Å². The maximum atomic E-state index is 12.3. The van der Waals surface area contributed by atoms with E-state index in [-0.39, 0.29) is 11.6 Å². The number of non-ortho nitro benzene ring substituents is 1. The van der Waals surface area contributed by atoms with Gasteiger partial charge in [0.1, 0.15) is 0 Å². The summed E-state index contributed by atoms with van der Waals surface area (Å²) in [7, 11) is 2.03. The summed E-state index contributed by atoms with van der Waals surface area (Å²) in [6.07, 6.45) is 0.962. The van der Waals surface area contributed by atoms with E-state index < -0.39 is 4.92 Å². The second-order valence-electron chi connectivity index (χ2n) is 7.53. The summed E-state index contributed by atoms with van der Waals surface area (Å²) in [5, 5.41) is 13.7. The Hall–Kier alpha value is -3.51. The normalized spacial score (nSPS) is 10.9. The Kier molecular flexibility index (Phi) is 7.90. The maximum Gasteiger partial charge on any atom is 0.270 e. The van der Waals surface area contributed by atoms with Crippen molar-refractivity contribution in [2.24, 2.45) is 0 Å². The molecule has 3 aromatic carbocycles. The first kappa shape index (κ1) is 22.2. The van der Waals surface area contributed by atoms with Gasteiger partial charge in [-0.15, -0.1) is 0 Å². The van der Waals surface area contributed by atoms with Crippen LogP contribution in [0.4, 0.5) is 5.69 Å². The molecule has 0 unspecified atom stereocenters. The van der Waals surface area contributed by atoms with Gasteiger partial charge in [-0.2, -0.15) is 0 Å². The summed E-state index contributed by atoms with van der Waals surface area (Å²) in [5.41, 5.74) is 2.80. The number of nitro groups is 1. The first-order chi connectivity index (χ1) is 15.0.